The van der Waals surface area contributed by atoms with Gasteiger partial charge in [-0.3, -0.25) is 4.79 Å². The average Bonchev–Trinajstić information content (AvgIpc) is 3.39. The number of nitrogens with zero attached hydrogens (tertiary/aromatic N) is 3. The molecule has 0 fully saturated rings. The van der Waals surface area contributed by atoms with E-state index in [0.717, 1.165) is 41.8 Å². The maximum atomic E-state index is 12.8. The van der Waals surface area contributed by atoms with Crippen LogP contribution in [-0.4, -0.2) is 34.6 Å². The van der Waals surface area contributed by atoms with E-state index in [2.05, 4.69) is 15.6 Å². The molecule has 0 radical (unpaired) electrons. The van der Waals surface area contributed by atoms with Gasteiger partial charge in [0.2, 0.25) is 0 Å². The second kappa shape index (κ2) is 9.68. The maximum Gasteiger partial charge on any atom is 0.292 e. The highest BCUT2D eigenvalue weighted by molar-refractivity contribution is 5.95. The van der Waals surface area contributed by atoms with E-state index in [4.69, 9.17) is 9.47 Å². The van der Waals surface area contributed by atoms with Crippen molar-refractivity contribution in [2.75, 3.05) is 6.61 Å². The van der Waals surface area contributed by atoms with Crippen LogP contribution in [0, 0.1) is 0 Å². The van der Waals surface area contributed by atoms with Gasteiger partial charge in [-0.2, -0.15) is 10.2 Å². The molecular formula is C25H28N4O3. The fraction of sp³-hybridized carbons (Fsp3) is 0.320. The SMILES string of the molecule is CCOc1cc(/C=N/NC(=O)c2nn(-c3ccccc3)c3c2CCC3)ccc1OC(C)C. The van der Waals surface area contributed by atoms with Crippen molar-refractivity contribution in [3.8, 4) is 17.2 Å². The Bertz CT molecular complexity index is 1120. The van der Waals surface area contributed by atoms with Crippen LogP contribution in [0.4, 0.5) is 0 Å². The summed E-state index contributed by atoms with van der Waals surface area (Å²) in [4.78, 5) is 12.8. The van der Waals surface area contributed by atoms with Crippen molar-refractivity contribution in [3.05, 3.63) is 71.0 Å². The van der Waals surface area contributed by atoms with Gasteiger partial charge < -0.3 is 9.47 Å². The molecule has 2 aromatic carbocycles. The summed E-state index contributed by atoms with van der Waals surface area (Å²) < 4.78 is 13.3. The highest BCUT2D eigenvalue weighted by Crippen LogP contribution is 2.29. The van der Waals surface area contributed by atoms with E-state index in [1.807, 2.05) is 74.0 Å². The largest absolute Gasteiger partial charge is 0.490 e. The van der Waals surface area contributed by atoms with E-state index in [-0.39, 0.29) is 12.0 Å². The molecule has 1 N–H and O–H groups in total. The number of hydrazone groups is 1. The lowest BCUT2D eigenvalue weighted by Crippen LogP contribution is -2.20. The number of fused-ring (bicyclic) bond motifs is 1. The van der Waals surface area contributed by atoms with Gasteiger partial charge >= 0.3 is 0 Å². The number of ether oxygens (including phenoxy) is 2. The smallest absolute Gasteiger partial charge is 0.292 e. The monoisotopic (exact) mass is 432 g/mol. The van der Waals surface area contributed by atoms with Crippen molar-refractivity contribution in [3.63, 3.8) is 0 Å². The zero-order valence-corrected chi connectivity index (χ0v) is 18.7. The first kappa shape index (κ1) is 21.6. The number of carbonyl (C=O) groups is 1. The summed E-state index contributed by atoms with van der Waals surface area (Å²) in [5, 5.41) is 8.75. The fourth-order valence-corrected chi connectivity index (χ4v) is 3.85. The number of carbonyl (C=O) groups excluding carboxylic acids is 1. The van der Waals surface area contributed by atoms with Crippen LogP contribution in [-0.2, 0) is 12.8 Å². The highest BCUT2D eigenvalue weighted by atomic mass is 16.5. The van der Waals surface area contributed by atoms with Crippen molar-refractivity contribution in [2.24, 2.45) is 5.10 Å². The van der Waals surface area contributed by atoms with E-state index in [0.29, 0.717) is 23.8 Å². The van der Waals surface area contributed by atoms with Crippen molar-refractivity contribution in [2.45, 2.75) is 46.1 Å². The molecule has 1 aliphatic carbocycles. The Morgan fingerprint density at radius 2 is 2.00 bits per heavy atom. The first-order valence-electron chi connectivity index (χ1n) is 11.0. The van der Waals surface area contributed by atoms with Crippen LogP contribution < -0.4 is 14.9 Å². The molecule has 0 spiro atoms. The molecule has 0 saturated heterocycles. The van der Waals surface area contributed by atoms with E-state index >= 15 is 0 Å². The predicted octanol–water partition coefficient (Wildman–Crippen LogP) is 4.31. The number of para-hydroxylation sites is 1. The number of benzene rings is 2. The number of hydrogen-bond acceptors (Lipinski definition) is 5. The van der Waals surface area contributed by atoms with Gasteiger partial charge in [0.15, 0.2) is 17.2 Å². The van der Waals surface area contributed by atoms with Crippen LogP contribution in [0.3, 0.4) is 0 Å². The average molecular weight is 433 g/mol. The van der Waals surface area contributed by atoms with Gasteiger partial charge in [0.1, 0.15) is 0 Å². The quantitative estimate of drug-likeness (QED) is 0.425. The van der Waals surface area contributed by atoms with Crippen molar-refractivity contribution in [1.29, 1.82) is 0 Å². The predicted molar refractivity (Wildman–Crippen MR) is 124 cm³/mol. The lowest BCUT2D eigenvalue weighted by molar-refractivity contribution is 0.0949. The summed E-state index contributed by atoms with van der Waals surface area (Å²) in [7, 11) is 0. The van der Waals surface area contributed by atoms with Crippen molar-refractivity contribution < 1.29 is 14.3 Å². The minimum absolute atomic E-state index is 0.0467. The van der Waals surface area contributed by atoms with Gasteiger partial charge in [-0.05, 0) is 75.9 Å². The summed E-state index contributed by atoms with van der Waals surface area (Å²) >= 11 is 0. The lowest BCUT2D eigenvalue weighted by atomic mass is 10.2. The van der Waals surface area contributed by atoms with Crippen molar-refractivity contribution >= 4 is 12.1 Å². The zero-order chi connectivity index (χ0) is 22.5. The summed E-state index contributed by atoms with van der Waals surface area (Å²) in [6.07, 6.45) is 4.43. The number of hydrogen-bond donors (Lipinski definition) is 1. The summed E-state index contributed by atoms with van der Waals surface area (Å²) in [6, 6.07) is 15.5. The molecule has 0 atom stereocenters. The van der Waals surface area contributed by atoms with Gasteiger partial charge in [0.05, 0.1) is 24.6 Å². The molecule has 7 nitrogen and oxygen atoms in total. The molecule has 0 bridgehead atoms. The Hall–Kier alpha value is -3.61. The third-order valence-electron chi connectivity index (χ3n) is 5.16. The van der Waals surface area contributed by atoms with Gasteiger partial charge in [0, 0.05) is 11.3 Å². The normalized spacial score (nSPS) is 12.9. The second-order valence-corrected chi connectivity index (χ2v) is 7.88. The molecule has 3 aromatic rings. The van der Waals surface area contributed by atoms with E-state index < -0.39 is 0 Å². The van der Waals surface area contributed by atoms with Crippen LogP contribution >= 0.6 is 0 Å². The Kier molecular flexibility index (Phi) is 6.54. The standard InChI is InChI=1S/C25H28N4O3/c1-4-31-23-15-18(13-14-22(23)32-17(2)3)16-26-27-25(30)24-20-11-8-12-21(20)29(28-24)19-9-6-5-7-10-19/h5-7,9-10,13-17H,4,8,11-12H2,1-3H3,(H,27,30)/b26-16+. The minimum atomic E-state index is -0.307. The topological polar surface area (TPSA) is 77.7 Å². The summed E-state index contributed by atoms with van der Waals surface area (Å²) in [5.41, 5.74) is 6.93. The molecule has 7 heteroatoms. The third-order valence-corrected chi connectivity index (χ3v) is 5.16. The molecule has 1 aromatic heterocycles. The van der Waals surface area contributed by atoms with Gasteiger partial charge in [-0.1, -0.05) is 18.2 Å². The van der Waals surface area contributed by atoms with Crippen LogP contribution in [0.1, 0.15) is 54.5 Å². The minimum Gasteiger partial charge on any atom is -0.490 e. The van der Waals surface area contributed by atoms with Crippen LogP contribution in [0.2, 0.25) is 0 Å². The second-order valence-electron chi connectivity index (χ2n) is 7.88. The molecular weight excluding hydrogens is 404 g/mol. The zero-order valence-electron chi connectivity index (χ0n) is 18.7. The van der Waals surface area contributed by atoms with Crippen LogP contribution in [0.15, 0.2) is 53.6 Å². The Labute approximate surface area is 188 Å². The molecule has 1 aliphatic rings. The molecule has 1 amide bonds. The first-order chi connectivity index (χ1) is 15.6. The molecule has 1 heterocycles. The number of amides is 1. The molecule has 32 heavy (non-hydrogen) atoms. The molecule has 0 aliphatic heterocycles. The molecule has 166 valence electrons. The van der Waals surface area contributed by atoms with E-state index in [1.165, 1.54) is 0 Å². The van der Waals surface area contributed by atoms with Crippen LogP contribution in [0.25, 0.3) is 5.69 Å². The van der Waals surface area contributed by atoms with Gasteiger partial charge in [-0.15, -0.1) is 0 Å². The third kappa shape index (κ3) is 4.66. The maximum absolute atomic E-state index is 12.8. The molecule has 0 saturated carbocycles. The van der Waals surface area contributed by atoms with Gasteiger partial charge in [0.25, 0.3) is 5.91 Å². The lowest BCUT2D eigenvalue weighted by Gasteiger charge is -2.14. The summed E-state index contributed by atoms with van der Waals surface area (Å²) in [5.74, 6) is 1.03. The van der Waals surface area contributed by atoms with Crippen molar-refractivity contribution in [1.82, 2.24) is 15.2 Å². The van der Waals surface area contributed by atoms with Gasteiger partial charge in [-0.25, -0.2) is 10.1 Å². The highest BCUT2D eigenvalue weighted by Gasteiger charge is 2.26. The Morgan fingerprint density at radius 3 is 2.75 bits per heavy atom. The van der Waals surface area contributed by atoms with E-state index in [9.17, 15) is 4.79 Å². The van der Waals surface area contributed by atoms with E-state index in [1.54, 1.807) is 6.21 Å². The number of rotatable bonds is 8. The Balaban J connectivity index is 1.50. The molecule has 4 rings (SSSR count). The molecule has 0 unspecified atom stereocenters. The summed E-state index contributed by atoms with van der Waals surface area (Å²) in [6.45, 7) is 6.39. The Morgan fingerprint density at radius 1 is 1.19 bits per heavy atom. The first-order valence-corrected chi connectivity index (χ1v) is 11.0. The number of nitrogens with one attached hydrogen (secondary N) is 1. The van der Waals surface area contributed by atoms with Crippen LogP contribution in [0.5, 0.6) is 11.5 Å². The number of aromatic nitrogens is 2. The fourth-order valence-electron chi connectivity index (χ4n) is 3.85.